The summed E-state index contributed by atoms with van der Waals surface area (Å²) < 4.78 is 0. The average Bonchev–Trinajstić information content (AvgIpc) is 2.54. The molecule has 4 rings (SSSR count). The van der Waals surface area contributed by atoms with E-state index in [1.54, 1.807) is 0 Å². The van der Waals surface area contributed by atoms with Crippen molar-refractivity contribution in [3.8, 4) is 0 Å². The van der Waals surface area contributed by atoms with Crippen LogP contribution in [0.25, 0.3) is 10.8 Å². The van der Waals surface area contributed by atoms with Crippen molar-refractivity contribution in [3.63, 3.8) is 0 Å². The second kappa shape index (κ2) is 4.77. The molecule has 0 atom stereocenters. The fourth-order valence-corrected chi connectivity index (χ4v) is 3.15. The van der Waals surface area contributed by atoms with Gasteiger partial charge < -0.3 is 10.6 Å². The minimum atomic E-state index is 0.800. The van der Waals surface area contributed by atoms with Crippen LogP contribution in [0.1, 0.15) is 11.1 Å². The van der Waals surface area contributed by atoms with Crippen molar-refractivity contribution in [2.45, 2.75) is 13.0 Å². The molecule has 104 valence electrons. The van der Waals surface area contributed by atoms with Gasteiger partial charge in [-0.05, 0) is 35.1 Å². The number of anilines is 2. The van der Waals surface area contributed by atoms with Crippen LogP contribution in [-0.4, -0.2) is 11.5 Å². The zero-order chi connectivity index (χ0) is 14.2. The van der Waals surface area contributed by atoms with Gasteiger partial charge in [0.25, 0.3) is 0 Å². The largest absolute Gasteiger partial charge is 0.398 e. The van der Waals surface area contributed by atoms with E-state index in [0.29, 0.717) is 0 Å². The highest BCUT2D eigenvalue weighted by molar-refractivity contribution is 6.01. The predicted octanol–water partition coefficient (Wildman–Crippen LogP) is 3.38. The molecule has 0 radical (unpaired) electrons. The van der Waals surface area contributed by atoms with Gasteiger partial charge in [-0.1, -0.05) is 36.4 Å². The van der Waals surface area contributed by atoms with E-state index in [4.69, 9.17) is 5.73 Å². The quantitative estimate of drug-likeness (QED) is 0.692. The maximum Gasteiger partial charge on any atom is 0.138 e. The number of hydrogen-bond donors (Lipinski definition) is 1. The highest BCUT2D eigenvalue weighted by Gasteiger charge is 2.19. The Balaban J connectivity index is 1.82. The van der Waals surface area contributed by atoms with Crippen LogP contribution in [0.3, 0.4) is 0 Å². The highest BCUT2D eigenvalue weighted by atomic mass is 15.2. The predicted molar refractivity (Wildman–Crippen MR) is 87.4 cm³/mol. The van der Waals surface area contributed by atoms with Crippen LogP contribution < -0.4 is 10.6 Å². The molecular weight excluding hydrogens is 258 g/mol. The van der Waals surface area contributed by atoms with Crippen LogP contribution in [0.4, 0.5) is 11.5 Å². The molecule has 1 aliphatic rings. The number of nitrogens with zero attached hydrogens (tertiary/aromatic N) is 2. The van der Waals surface area contributed by atoms with Crippen LogP contribution in [-0.2, 0) is 13.0 Å². The maximum absolute atomic E-state index is 6.19. The molecule has 0 fully saturated rings. The van der Waals surface area contributed by atoms with Crippen molar-refractivity contribution in [1.29, 1.82) is 0 Å². The van der Waals surface area contributed by atoms with Gasteiger partial charge in [0.2, 0.25) is 0 Å². The first-order chi connectivity index (χ1) is 10.3. The minimum Gasteiger partial charge on any atom is -0.398 e. The minimum absolute atomic E-state index is 0.800. The van der Waals surface area contributed by atoms with Gasteiger partial charge in [-0.2, -0.15) is 0 Å². The lowest BCUT2D eigenvalue weighted by molar-refractivity contribution is 0.724. The molecule has 3 aromatic rings. The number of aromatic nitrogens is 1. The molecule has 2 aromatic carbocycles. The van der Waals surface area contributed by atoms with E-state index in [-0.39, 0.29) is 0 Å². The van der Waals surface area contributed by atoms with Crippen LogP contribution >= 0.6 is 0 Å². The van der Waals surface area contributed by atoms with Crippen molar-refractivity contribution in [2.75, 3.05) is 17.2 Å². The Morgan fingerprint density at radius 2 is 1.81 bits per heavy atom. The fourth-order valence-electron chi connectivity index (χ4n) is 3.15. The maximum atomic E-state index is 6.19. The molecule has 0 amide bonds. The van der Waals surface area contributed by atoms with Gasteiger partial charge in [-0.3, -0.25) is 0 Å². The van der Waals surface area contributed by atoms with Crippen LogP contribution in [0, 0.1) is 0 Å². The summed E-state index contributed by atoms with van der Waals surface area (Å²) in [4.78, 5) is 6.94. The Morgan fingerprint density at radius 1 is 0.952 bits per heavy atom. The molecule has 0 spiro atoms. The molecular formula is C18H17N3. The van der Waals surface area contributed by atoms with E-state index in [0.717, 1.165) is 41.8 Å². The summed E-state index contributed by atoms with van der Waals surface area (Å²) in [5, 5.41) is 2.22. The molecule has 21 heavy (non-hydrogen) atoms. The van der Waals surface area contributed by atoms with E-state index < -0.39 is 0 Å². The number of hydrogen-bond acceptors (Lipinski definition) is 3. The number of pyridine rings is 1. The van der Waals surface area contributed by atoms with Gasteiger partial charge in [-0.25, -0.2) is 4.98 Å². The third-order valence-corrected chi connectivity index (χ3v) is 4.23. The second-order valence-electron chi connectivity index (χ2n) is 5.52. The summed E-state index contributed by atoms with van der Waals surface area (Å²) in [5.74, 6) is 1.00. The van der Waals surface area contributed by atoms with Gasteiger partial charge in [0.1, 0.15) is 5.82 Å². The monoisotopic (exact) mass is 275 g/mol. The molecule has 1 aliphatic heterocycles. The summed E-state index contributed by atoms with van der Waals surface area (Å²) >= 11 is 0. The van der Waals surface area contributed by atoms with Gasteiger partial charge in [0, 0.05) is 30.4 Å². The Morgan fingerprint density at radius 3 is 2.71 bits per heavy atom. The summed E-state index contributed by atoms with van der Waals surface area (Å²) in [6, 6.07) is 16.7. The Kier molecular flexibility index (Phi) is 2.78. The first kappa shape index (κ1) is 12.2. The number of nitrogen functional groups attached to an aromatic ring is 1. The van der Waals surface area contributed by atoms with Crippen LogP contribution in [0.5, 0.6) is 0 Å². The smallest absolute Gasteiger partial charge is 0.138 e. The zero-order valence-electron chi connectivity index (χ0n) is 11.8. The van der Waals surface area contributed by atoms with Gasteiger partial charge in [0.05, 0.1) is 0 Å². The van der Waals surface area contributed by atoms with Gasteiger partial charge in [0.15, 0.2) is 0 Å². The summed E-state index contributed by atoms with van der Waals surface area (Å²) in [5.41, 5.74) is 9.82. The Bertz CT molecular complexity index is 805. The first-order valence-corrected chi connectivity index (χ1v) is 7.28. The van der Waals surface area contributed by atoms with Crippen molar-refractivity contribution < 1.29 is 0 Å². The standard InChI is InChI=1S/C18H17N3/c19-16-7-3-6-14-8-10-20-18(17(14)16)21-11-9-13-4-1-2-5-15(13)12-21/h1-8,10H,9,11-12,19H2. The molecule has 0 unspecified atom stereocenters. The average molecular weight is 275 g/mol. The summed E-state index contributed by atoms with van der Waals surface area (Å²) in [6.07, 6.45) is 2.93. The summed E-state index contributed by atoms with van der Waals surface area (Å²) in [6.45, 7) is 1.88. The third kappa shape index (κ3) is 2.02. The fraction of sp³-hybridized carbons (Fsp3) is 0.167. The lowest BCUT2D eigenvalue weighted by Gasteiger charge is -2.30. The summed E-state index contributed by atoms with van der Waals surface area (Å²) in [7, 11) is 0. The molecule has 2 N–H and O–H groups in total. The van der Waals surface area contributed by atoms with Gasteiger partial charge in [-0.15, -0.1) is 0 Å². The van der Waals surface area contributed by atoms with Crippen LogP contribution in [0.2, 0.25) is 0 Å². The van der Waals surface area contributed by atoms with Crippen molar-refractivity contribution in [3.05, 3.63) is 65.9 Å². The van der Waals surface area contributed by atoms with E-state index >= 15 is 0 Å². The molecule has 3 nitrogen and oxygen atoms in total. The molecule has 2 heterocycles. The molecule has 0 aliphatic carbocycles. The van der Waals surface area contributed by atoms with E-state index in [1.807, 2.05) is 24.4 Å². The van der Waals surface area contributed by atoms with E-state index in [9.17, 15) is 0 Å². The number of benzene rings is 2. The molecule has 0 saturated heterocycles. The lowest BCUT2D eigenvalue weighted by atomic mass is 9.99. The highest BCUT2D eigenvalue weighted by Crippen LogP contribution is 2.32. The Labute approximate surface area is 124 Å². The first-order valence-electron chi connectivity index (χ1n) is 7.28. The Hall–Kier alpha value is -2.55. The zero-order valence-corrected chi connectivity index (χ0v) is 11.8. The second-order valence-corrected chi connectivity index (χ2v) is 5.52. The molecule has 1 aromatic heterocycles. The SMILES string of the molecule is Nc1cccc2ccnc(N3CCc4ccccc4C3)c12. The van der Waals surface area contributed by atoms with Crippen molar-refractivity contribution in [1.82, 2.24) is 4.98 Å². The van der Waals surface area contributed by atoms with E-state index in [2.05, 4.69) is 40.2 Å². The van der Waals surface area contributed by atoms with Crippen molar-refractivity contribution >= 4 is 22.3 Å². The van der Waals surface area contributed by atoms with E-state index in [1.165, 1.54) is 11.1 Å². The number of rotatable bonds is 1. The number of nitrogens with two attached hydrogens (primary N) is 1. The lowest BCUT2D eigenvalue weighted by Crippen LogP contribution is -2.31. The normalized spacial score (nSPS) is 14.2. The third-order valence-electron chi connectivity index (χ3n) is 4.23. The van der Waals surface area contributed by atoms with Crippen molar-refractivity contribution in [2.24, 2.45) is 0 Å². The molecule has 0 saturated carbocycles. The number of fused-ring (bicyclic) bond motifs is 2. The molecule has 0 bridgehead atoms. The van der Waals surface area contributed by atoms with Gasteiger partial charge >= 0.3 is 0 Å². The topological polar surface area (TPSA) is 42.1 Å². The van der Waals surface area contributed by atoms with Crippen LogP contribution in [0.15, 0.2) is 54.7 Å². The molecule has 3 heteroatoms.